The molecule has 0 heterocycles. The van der Waals surface area contributed by atoms with E-state index in [1.54, 1.807) is 7.11 Å². The third kappa shape index (κ3) is 3.02. The lowest BCUT2D eigenvalue weighted by Gasteiger charge is -2.08. The molecule has 90 valence electrons. The maximum atomic E-state index is 8.66. The molecule has 0 saturated carbocycles. The van der Waals surface area contributed by atoms with E-state index in [1.807, 2.05) is 48.5 Å². The molecule has 0 fully saturated rings. The molecule has 0 amide bonds. The summed E-state index contributed by atoms with van der Waals surface area (Å²) in [6, 6.07) is 17.0. The Balaban J connectivity index is 2.17. The number of ether oxygens (including phenoxy) is 2. The molecule has 0 unspecified atom stereocenters. The van der Waals surface area contributed by atoms with Gasteiger partial charge in [0.25, 0.3) is 0 Å². The van der Waals surface area contributed by atoms with Crippen LogP contribution in [-0.4, -0.2) is 7.11 Å². The van der Waals surface area contributed by atoms with Crippen LogP contribution in [0.4, 0.5) is 0 Å². The van der Waals surface area contributed by atoms with E-state index < -0.39 is 0 Å². The molecule has 0 aliphatic rings. The van der Waals surface area contributed by atoms with Crippen LogP contribution < -0.4 is 9.47 Å². The van der Waals surface area contributed by atoms with E-state index in [9.17, 15) is 0 Å². The van der Waals surface area contributed by atoms with Crippen LogP contribution in [0.2, 0.25) is 0 Å². The first-order chi connectivity index (χ1) is 8.81. The van der Waals surface area contributed by atoms with Crippen molar-refractivity contribution in [2.45, 2.75) is 6.42 Å². The molecule has 2 aromatic carbocycles. The summed E-state index contributed by atoms with van der Waals surface area (Å²) in [6.45, 7) is 0. The summed E-state index contributed by atoms with van der Waals surface area (Å²) in [5.41, 5.74) is 0.942. The molecule has 0 aromatic heterocycles. The van der Waals surface area contributed by atoms with Crippen LogP contribution in [0, 0.1) is 11.3 Å². The van der Waals surface area contributed by atoms with Gasteiger partial charge >= 0.3 is 0 Å². The molecule has 0 aliphatic carbocycles. The minimum atomic E-state index is 0.384. The topological polar surface area (TPSA) is 42.2 Å². The molecule has 2 rings (SSSR count). The highest BCUT2D eigenvalue weighted by Gasteiger charge is 2.00. The minimum Gasteiger partial charge on any atom is -0.497 e. The van der Waals surface area contributed by atoms with Crippen molar-refractivity contribution in [1.82, 2.24) is 0 Å². The fourth-order valence-corrected chi connectivity index (χ4v) is 1.61. The molecule has 0 N–H and O–H groups in total. The number of methoxy groups -OCH3 is 1. The van der Waals surface area contributed by atoms with Crippen LogP contribution in [0.15, 0.2) is 48.5 Å². The van der Waals surface area contributed by atoms with Crippen molar-refractivity contribution in [3.8, 4) is 23.3 Å². The second-order valence-corrected chi connectivity index (χ2v) is 3.76. The molecule has 3 heteroatoms. The Morgan fingerprint density at radius 1 is 1.00 bits per heavy atom. The third-order valence-corrected chi connectivity index (χ3v) is 2.46. The average Bonchev–Trinajstić information content (AvgIpc) is 2.40. The summed E-state index contributed by atoms with van der Waals surface area (Å²) < 4.78 is 10.9. The standard InChI is InChI=1S/C15H13NO2/c1-17-13-5-3-7-15(11-13)18-14-6-2-4-12(10-14)8-9-16/h2-7,10-11H,8H2,1H3. The molecule has 0 atom stereocenters. The summed E-state index contributed by atoms with van der Waals surface area (Å²) in [4.78, 5) is 0. The maximum absolute atomic E-state index is 8.66. The number of hydrogen-bond acceptors (Lipinski definition) is 3. The maximum Gasteiger partial charge on any atom is 0.131 e. The smallest absolute Gasteiger partial charge is 0.131 e. The van der Waals surface area contributed by atoms with Crippen molar-refractivity contribution in [2.75, 3.05) is 7.11 Å². The Kier molecular flexibility index (Phi) is 3.83. The lowest BCUT2D eigenvalue weighted by molar-refractivity contribution is 0.409. The molecule has 18 heavy (non-hydrogen) atoms. The first kappa shape index (κ1) is 12.0. The molecule has 2 aromatic rings. The highest BCUT2D eigenvalue weighted by atomic mass is 16.5. The lowest BCUT2D eigenvalue weighted by Crippen LogP contribution is -1.88. The Labute approximate surface area is 106 Å². The van der Waals surface area contributed by atoms with E-state index >= 15 is 0 Å². The van der Waals surface area contributed by atoms with Gasteiger partial charge in [-0.05, 0) is 29.8 Å². The van der Waals surface area contributed by atoms with E-state index in [4.69, 9.17) is 14.7 Å². The number of nitrogens with zero attached hydrogens (tertiary/aromatic N) is 1. The van der Waals surface area contributed by atoms with Crippen molar-refractivity contribution in [3.63, 3.8) is 0 Å². The fourth-order valence-electron chi connectivity index (χ4n) is 1.61. The summed E-state index contributed by atoms with van der Waals surface area (Å²) in [7, 11) is 1.62. The zero-order valence-corrected chi connectivity index (χ0v) is 10.1. The summed E-state index contributed by atoms with van der Waals surface area (Å²) in [6.07, 6.45) is 0.384. The Hall–Kier alpha value is -2.47. The van der Waals surface area contributed by atoms with Crippen molar-refractivity contribution in [2.24, 2.45) is 0 Å². The number of hydrogen-bond donors (Lipinski definition) is 0. The van der Waals surface area contributed by atoms with Crippen molar-refractivity contribution in [1.29, 1.82) is 5.26 Å². The fraction of sp³-hybridized carbons (Fsp3) is 0.133. The Bertz CT molecular complexity index is 573. The molecular weight excluding hydrogens is 226 g/mol. The first-order valence-corrected chi connectivity index (χ1v) is 5.59. The monoisotopic (exact) mass is 239 g/mol. The first-order valence-electron chi connectivity index (χ1n) is 5.59. The average molecular weight is 239 g/mol. The van der Waals surface area contributed by atoms with Gasteiger partial charge in [0.15, 0.2) is 0 Å². The Morgan fingerprint density at radius 3 is 2.39 bits per heavy atom. The lowest BCUT2D eigenvalue weighted by atomic mass is 10.1. The van der Waals surface area contributed by atoms with Crippen LogP contribution in [-0.2, 0) is 6.42 Å². The largest absolute Gasteiger partial charge is 0.497 e. The van der Waals surface area contributed by atoms with Gasteiger partial charge in [0.1, 0.15) is 17.2 Å². The SMILES string of the molecule is COc1cccc(Oc2cccc(CC#N)c2)c1. The molecular formula is C15H13NO2. The minimum absolute atomic E-state index is 0.384. The molecule has 0 saturated heterocycles. The normalized spacial score (nSPS) is 9.56. The van der Waals surface area contributed by atoms with Gasteiger partial charge in [0.05, 0.1) is 19.6 Å². The molecule has 0 radical (unpaired) electrons. The predicted octanol–water partition coefficient (Wildman–Crippen LogP) is 3.55. The van der Waals surface area contributed by atoms with Gasteiger partial charge < -0.3 is 9.47 Å². The van der Waals surface area contributed by atoms with E-state index in [-0.39, 0.29) is 0 Å². The van der Waals surface area contributed by atoms with E-state index in [2.05, 4.69) is 6.07 Å². The summed E-state index contributed by atoms with van der Waals surface area (Å²) in [5, 5.41) is 8.66. The van der Waals surface area contributed by atoms with Gasteiger partial charge in [-0.15, -0.1) is 0 Å². The second kappa shape index (κ2) is 5.74. The predicted molar refractivity (Wildman–Crippen MR) is 68.8 cm³/mol. The van der Waals surface area contributed by atoms with Gasteiger partial charge in [0, 0.05) is 6.07 Å². The van der Waals surface area contributed by atoms with E-state index in [0.717, 1.165) is 17.1 Å². The van der Waals surface area contributed by atoms with Crippen molar-refractivity contribution < 1.29 is 9.47 Å². The van der Waals surface area contributed by atoms with Crippen LogP contribution in [0.1, 0.15) is 5.56 Å². The van der Waals surface area contributed by atoms with Crippen molar-refractivity contribution in [3.05, 3.63) is 54.1 Å². The van der Waals surface area contributed by atoms with Crippen LogP contribution in [0.25, 0.3) is 0 Å². The van der Waals surface area contributed by atoms with E-state index in [0.29, 0.717) is 12.2 Å². The second-order valence-electron chi connectivity index (χ2n) is 3.76. The highest BCUT2D eigenvalue weighted by molar-refractivity contribution is 5.38. The van der Waals surface area contributed by atoms with E-state index in [1.165, 1.54) is 0 Å². The van der Waals surface area contributed by atoms with Crippen LogP contribution in [0.5, 0.6) is 17.2 Å². The zero-order valence-electron chi connectivity index (χ0n) is 10.1. The Morgan fingerprint density at radius 2 is 1.67 bits per heavy atom. The molecule has 0 bridgehead atoms. The molecule has 0 spiro atoms. The van der Waals surface area contributed by atoms with Crippen molar-refractivity contribution >= 4 is 0 Å². The van der Waals surface area contributed by atoms with Gasteiger partial charge in [0.2, 0.25) is 0 Å². The molecule has 3 nitrogen and oxygen atoms in total. The third-order valence-electron chi connectivity index (χ3n) is 2.46. The highest BCUT2D eigenvalue weighted by Crippen LogP contribution is 2.25. The summed E-state index contributed by atoms with van der Waals surface area (Å²) in [5.74, 6) is 2.18. The van der Waals surface area contributed by atoms with Gasteiger partial charge in [-0.3, -0.25) is 0 Å². The summed E-state index contributed by atoms with van der Waals surface area (Å²) >= 11 is 0. The number of benzene rings is 2. The van der Waals surface area contributed by atoms with Crippen LogP contribution in [0.3, 0.4) is 0 Å². The number of rotatable bonds is 4. The quantitative estimate of drug-likeness (QED) is 0.819. The van der Waals surface area contributed by atoms with Crippen LogP contribution >= 0.6 is 0 Å². The zero-order chi connectivity index (χ0) is 12.8. The van der Waals surface area contributed by atoms with Gasteiger partial charge in [-0.2, -0.15) is 5.26 Å². The molecule has 0 aliphatic heterocycles. The van der Waals surface area contributed by atoms with Gasteiger partial charge in [-0.1, -0.05) is 18.2 Å². The number of nitriles is 1. The van der Waals surface area contributed by atoms with Gasteiger partial charge in [-0.25, -0.2) is 0 Å².